The average molecular weight is 402 g/mol. The molecule has 0 spiro atoms. The predicted octanol–water partition coefficient (Wildman–Crippen LogP) is 3.51. The molecule has 0 saturated heterocycles. The summed E-state index contributed by atoms with van der Waals surface area (Å²) in [4.78, 5) is 11.7. The average Bonchev–Trinajstić information content (AvgIpc) is 2.48. The van der Waals surface area contributed by atoms with Crippen molar-refractivity contribution in [3.05, 3.63) is 33.4 Å². The number of aryl methyl sites for hydroxylation is 1. The van der Waals surface area contributed by atoms with Crippen molar-refractivity contribution >= 4 is 28.5 Å². The molecule has 0 aliphatic heterocycles. The summed E-state index contributed by atoms with van der Waals surface area (Å²) in [5.74, 6) is 0.183. The van der Waals surface area contributed by atoms with Gasteiger partial charge >= 0.3 is 0 Å². The van der Waals surface area contributed by atoms with Gasteiger partial charge in [0.1, 0.15) is 0 Å². The molecular formula is C17H27IN2O. The first-order chi connectivity index (χ1) is 10.1. The highest BCUT2D eigenvalue weighted by atomic mass is 127. The molecule has 21 heavy (non-hydrogen) atoms. The third-order valence-corrected chi connectivity index (χ3v) is 4.38. The van der Waals surface area contributed by atoms with E-state index in [1.54, 1.807) is 0 Å². The fraction of sp³-hybridized carbons (Fsp3) is 0.588. The Morgan fingerprint density at radius 1 is 1.19 bits per heavy atom. The van der Waals surface area contributed by atoms with Crippen molar-refractivity contribution in [1.29, 1.82) is 0 Å². The highest BCUT2D eigenvalue weighted by Gasteiger charge is 2.02. The topological polar surface area (TPSA) is 41.1 Å². The van der Waals surface area contributed by atoms with E-state index in [9.17, 15) is 4.79 Å². The molecule has 0 aliphatic rings. The second kappa shape index (κ2) is 11.0. The normalized spacial score (nSPS) is 12.1. The van der Waals surface area contributed by atoms with E-state index >= 15 is 0 Å². The van der Waals surface area contributed by atoms with Crippen molar-refractivity contribution in [1.82, 2.24) is 10.6 Å². The molecule has 0 aliphatic carbocycles. The van der Waals surface area contributed by atoms with E-state index < -0.39 is 0 Å². The maximum absolute atomic E-state index is 11.7. The summed E-state index contributed by atoms with van der Waals surface area (Å²) in [6.45, 7) is 2.99. The summed E-state index contributed by atoms with van der Waals surface area (Å²) in [6.07, 6.45) is 5.91. The summed E-state index contributed by atoms with van der Waals surface area (Å²) in [5, 5.41) is 6.23. The SMILES string of the molecule is CN[C@H](C)CCCCNC(=O)CCCc1ccc(I)cc1. The zero-order chi connectivity index (χ0) is 15.5. The van der Waals surface area contributed by atoms with Gasteiger partial charge in [-0.05, 0) is 79.9 Å². The minimum absolute atomic E-state index is 0.183. The number of rotatable bonds is 10. The zero-order valence-electron chi connectivity index (χ0n) is 13.1. The number of amides is 1. The van der Waals surface area contributed by atoms with Crippen LogP contribution in [-0.2, 0) is 11.2 Å². The molecule has 0 heterocycles. The lowest BCUT2D eigenvalue weighted by Crippen LogP contribution is -2.25. The summed E-state index contributed by atoms with van der Waals surface area (Å²) in [5.41, 5.74) is 1.31. The van der Waals surface area contributed by atoms with Gasteiger partial charge in [0.2, 0.25) is 5.91 Å². The number of hydrogen-bond donors (Lipinski definition) is 2. The van der Waals surface area contributed by atoms with Crippen LogP contribution in [0.15, 0.2) is 24.3 Å². The van der Waals surface area contributed by atoms with Crippen molar-refractivity contribution in [2.45, 2.75) is 51.5 Å². The van der Waals surface area contributed by atoms with Crippen LogP contribution in [0.3, 0.4) is 0 Å². The van der Waals surface area contributed by atoms with Crippen LogP contribution in [0.25, 0.3) is 0 Å². The second-order valence-electron chi connectivity index (χ2n) is 5.52. The van der Waals surface area contributed by atoms with Gasteiger partial charge in [0, 0.05) is 22.6 Å². The van der Waals surface area contributed by atoms with Crippen molar-refractivity contribution in [2.24, 2.45) is 0 Å². The monoisotopic (exact) mass is 402 g/mol. The van der Waals surface area contributed by atoms with Gasteiger partial charge in [-0.2, -0.15) is 0 Å². The Morgan fingerprint density at radius 2 is 1.90 bits per heavy atom. The van der Waals surface area contributed by atoms with Gasteiger partial charge < -0.3 is 10.6 Å². The first kappa shape index (κ1) is 18.4. The van der Waals surface area contributed by atoms with Crippen molar-refractivity contribution in [2.75, 3.05) is 13.6 Å². The Balaban J connectivity index is 2.02. The number of carbonyl (C=O) groups is 1. The molecular weight excluding hydrogens is 375 g/mol. The lowest BCUT2D eigenvalue weighted by atomic mass is 10.1. The van der Waals surface area contributed by atoms with Crippen molar-refractivity contribution < 1.29 is 4.79 Å². The van der Waals surface area contributed by atoms with Crippen molar-refractivity contribution in [3.63, 3.8) is 0 Å². The highest BCUT2D eigenvalue weighted by molar-refractivity contribution is 14.1. The van der Waals surface area contributed by atoms with Gasteiger partial charge in [-0.3, -0.25) is 4.79 Å². The van der Waals surface area contributed by atoms with Crippen LogP contribution in [0.4, 0.5) is 0 Å². The van der Waals surface area contributed by atoms with Crippen LogP contribution in [0, 0.1) is 3.57 Å². The molecule has 1 aromatic carbocycles. The lowest BCUT2D eigenvalue weighted by molar-refractivity contribution is -0.121. The van der Waals surface area contributed by atoms with Crippen LogP contribution in [-0.4, -0.2) is 25.5 Å². The summed E-state index contributed by atoms with van der Waals surface area (Å²) in [6, 6.07) is 9.07. The van der Waals surface area contributed by atoms with E-state index in [0.717, 1.165) is 32.2 Å². The van der Waals surface area contributed by atoms with Gasteiger partial charge in [-0.15, -0.1) is 0 Å². The smallest absolute Gasteiger partial charge is 0.220 e. The van der Waals surface area contributed by atoms with Gasteiger partial charge in [-0.25, -0.2) is 0 Å². The minimum Gasteiger partial charge on any atom is -0.356 e. The van der Waals surface area contributed by atoms with Gasteiger partial charge in [0.25, 0.3) is 0 Å². The molecule has 0 radical (unpaired) electrons. The van der Waals surface area contributed by atoms with Gasteiger partial charge in [0.05, 0.1) is 0 Å². The zero-order valence-corrected chi connectivity index (χ0v) is 15.3. The van der Waals surface area contributed by atoms with Crippen LogP contribution < -0.4 is 10.6 Å². The lowest BCUT2D eigenvalue weighted by Gasteiger charge is -2.09. The molecule has 1 rings (SSSR count). The van der Waals surface area contributed by atoms with Crippen LogP contribution in [0.5, 0.6) is 0 Å². The summed E-state index contributed by atoms with van der Waals surface area (Å²) in [7, 11) is 1.99. The number of benzene rings is 1. The molecule has 0 bridgehead atoms. The molecule has 0 unspecified atom stereocenters. The van der Waals surface area contributed by atoms with E-state index in [1.807, 2.05) is 7.05 Å². The first-order valence-corrected chi connectivity index (χ1v) is 8.88. The molecule has 118 valence electrons. The van der Waals surface area contributed by atoms with Gasteiger partial charge in [-0.1, -0.05) is 18.6 Å². The van der Waals surface area contributed by atoms with E-state index in [4.69, 9.17) is 0 Å². The molecule has 4 heteroatoms. The van der Waals surface area contributed by atoms with Crippen LogP contribution in [0.1, 0.15) is 44.6 Å². The first-order valence-electron chi connectivity index (χ1n) is 7.80. The van der Waals surface area contributed by atoms with E-state index in [-0.39, 0.29) is 5.91 Å². The molecule has 3 nitrogen and oxygen atoms in total. The number of hydrogen-bond acceptors (Lipinski definition) is 2. The maximum Gasteiger partial charge on any atom is 0.220 e. The molecule has 0 aromatic heterocycles. The minimum atomic E-state index is 0.183. The highest BCUT2D eigenvalue weighted by Crippen LogP contribution is 2.09. The summed E-state index contributed by atoms with van der Waals surface area (Å²) >= 11 is 2.30. The number of halogens is 1. The predicted molar refractivity (Wildman–Crippen MR) is 97.5 cm³/mol. The third kappa shape index (κ3) is 9.09. The molecule has 1 atom stereocenters. The van der Waals surface area contributed by atoms with Crippen LogP contribution in [0.2, 0.25) is 0 Å². The van der Waals surface area contributed by atoms with Crippen LogP contribution >= 0.6 is 22.6 Å². The number of carbonyl (C=O) groups excluding carboxylic acids is 1. The Labute approximate surface area is 142 Å². The third-order valence-electron chi connectivity index (χ3n) is 3.66. The van der Waals surface area contributed by atoms with E-state index in [2.05, 4.69) is 64.4 Å². The Kier molecular flexibility index (Phi) is 9.67. The maximum atomic E-state index is 11.7. The quantitative estimate of drug-likeness (QED) is 0.465. The standard InChI is InChI=1S/C17H27IN2O/c1-14(19-2)6-3-4-13-20-17(21)8-5-7-15-9-11-16(18)12-10-15/h9-12,14,19H,3-8,13H2,1-2H3,(H,20,21)/t14-/m1/s1. The fourth-order valence-electron chi connectivity index (χ4n) is 2.14. The molecule has 2 N–H and O–H groups in total. The molecule has 0 saturated carbocycles. The summed E-state index contributed by atoms with van der Waals surface area (Å²) < 4.78 is 1.25. The number of nitrogens with one attached hydrogen (secondary N) is 2. The Hall–Kier alpha value is -0.620. The van der Waals surface area contributed by atoms with E-state index in [1.165, 1.54) is 15.6 Å². The van der Waals surface area contributed by atoms with E-state index in [0.29, 0.717) is 12.5 Å². The largest absolute Gasteiger partial charge is 0.356 e. The number of unbranched alkanes of at least 4 members (excludes halogenated alkanes) is 1. The Bertz CT molecular complexity index is 406. The molecule has 1 amide bonds. The second-order valence-corrected chi connectivity index (χ2v) is 6.76. The van der Waals surface area contributed by atoms with Gasteiger partial charge in [0.15, 0.2) is 0 Å². The fourth-order valence-corrected chi connectivity index (χ4v) is 2.50. The van der Waals surface area contributed by atoms with Crippen molar-refractivity contribution in [3.8, 4) is 0 Å². The molecule has 1 aromatic rings. The molecule has 0 fully saturated rings. The Morgan fingerprint density at radius 3 is 2.57 bits per heavy atom.